The van der Waals surface area contributed by atoms with Crippen LogP contribution in [0.3, 0.4) is 0 Å². The third kappa shape index (κ3) is 2.26. The van der Waals surface area contributed by atoms with Gasteiger partial charge in [0.15, 0.2) is 5.78 Å². The molecular weight excluding hydrogens is 330 g/mol. The summed E-state index contributed by atoms with van der Waals surface area (Å²) in [6.45, 7) is 0. The molecule has 0 aliphatic heterocycles. The van der Waals surface area contributed by atoms with Crippen molar-refractivity contribution in [2.24, 2.45) is 0 Å². The fourth-order valence-electron chi connectivity index (χ4n) is 3.07. The Morgan fingerprint density at radius 2 is 1.54 bits per heavy atom. The van der Waals surface area contributed by atoms with E-state index in [0.29, 0.717) is 27.6 Å². The SMILES string of the molecule is O=C1c2ccccc2-c2ccc(NOS(=O)(=O)O)c3cccc1c23. The van der Waals surface area contributed by atoms with Crippen molar-refractivity contribution in [3.05, 3.63) is 65.7 Å². The predicted molar refractivity (Wildman–Crippen MR) is 89.1 cm³/mol. The monoisotopic (exact) mass is 341 g/mol. The topological polar surface area (TPSA) is 92.7 Å². The van der Waals surface area contributed by atoms with Gasteiger partial charge in [0.25, 0.3) is 0 Å². The summed E-state index contributed by atoms with van der Waals surface area (Å²) in [6.07, 6.45) is 0. The van der Waals surface area contributed by atoms with Gasteiger partial charge in [0.2, 0.25) is 0 Å². The van der Waals surface area contributed by atoms with Gasteiger partial charge in [-0.2, -0.15) is 8.42 Å². The fraction of sp³-hybridized carbons (Fsp3) is 0. The summed E-state index contributed by atoms with van der Waals surface area (Å²) in [5.74, 6) is -0.0865. The van der Waals surface area contributed by atoms with E-state index < -0.39 is 10.4 Å². The van der Waals surface area contributed by atoms with Crippen molar-refractivity contribution in [1.82, 2.24) is 0 Å². The van der Waals surface area contributed by atoms with Gasteiger partial charge in [-0.05, 0) is 17.2 Å². The first kappa shape index (κ1) is 14.8. The lowest BCUT2D eigenvalue weighted by Gasteiger charge is -2.21. The van der Waals surface area contributed by atoms with Crippen molar-refractivity contribution in [3.63, 3.8) is 0 Å². The van der Waals surface area contributed by atoms with Crippen LogP contribution >= 0.6 is 0 Å². The summed E-state index contributed by atoms with van der Waals surface area (Å²) < 4.78 is 34.5. The number of rotatable bonds is 3. The summed E-state index contributed by atoms with van der Waals surface area (Å²) in [7, 11) is -4.64. The average Bonchev–Trinajstić information content (AvgIpc) is 2.57. The largest absolute Gasteiger partial charge is 0.418 e. The number of anilines is 1. The van der Waals surface area contributed by atoms with Crippen molar-refractivity contribution < 1.29 is 22.0 Å². The third-order valence-electron chi connectivity index (χ3n) is 4.00. The first-order chi connectivity index (χ1) is 11.5. The van der Waals surface area contributed by atoms with Gasteiger partial charge in [0.1, 0.15) is 0 Å². The maximum atomic E-state index is 12.7. The van der Waals surface area contributed by atoms with Crippen molar-refractivity contribution in [3.8, 4) is 11.1 Å². The molecular formula is C17H11NO5S. The van der Waals surface area contributed by atoms with E-state index in [0.717, 1.165) is 11.1 Å². The van der Waals surface area contributed by atoms with E-state index in [1.807, 2.05) is 18.2 Å². The highest BCUT2D eigenvalue weighted by molar-refractivity contribution is 7.80. The normalized spacial score (nSPS) is 13.0. The summed E-state index contributed by atoms with van der Waals surface area (Å²) in [5, 5.41) is 1.33. The van der Waals surface area contributed by atoms with Crippen LogP contribution in [0.5, 0.6) is 0 Å². The summed E-state index contributed by atoms with van der Waals surface area (Å²) in [4.78, 5) is 12.7. The number of fused-ring (bicyclic) bond motifs is 2. The molecule has 2 N–H and O–H groups in total. The standard InChI is InChI=1S/C17H11NO5S/c19-17-12-5-2-1-4-10(12)11-8-9-15(18-23-24(20,21)22)13-6-3-7-14(17)16(11)13/h1-9,18H,(H,20,21,22). The Balaban J connectivity index is 1.99. The zero-order valence-corrected chi connectivity index (χ0v) is 13.0. The van der Waals surface area contributed by atoms with Gasteiger partial charge in [-0.15, -0.1) is 4.28 Å². The molecule has 0 amide bonds. The van der Waals surface area contributed by atoms with Crippen LogP contribution in [-0.2, 0) is 14.7 Å². The van der Waals surface area contributed by atoms with E-state index in [1.54, 1.807) is 36.4 Å². The summed E-state index contributed by atoms with van der Waals surface area (Å²) in [6, 6.07) is 16.0. The Kier molecular flexibility index (Phi) is 3.17. The Labute approximate surface area is 137 Å². The molecule has 120 valence electrons. The van der Waals surface area contributed by atoms with E-state index in [1.165, 1.54) is 0 Å². The van der Waals surface area contributed by atoms with Crippen LogP contribution in [0.2, 0.25) is 0 Å². The highest BCUT2D eigenvalue weighted by atomic mass is 32.3. The molecule has 0 radical (unpaired) electrons. The molecule has 0 saturated heterocycles. The lowest BCUT2D eigenvalue weighted by atomic mass is 9.82. The highest BCUT2D eigenvalue weighted by Crippen LogP contribution is 2.41. The number of hydrogen-bond donors (Lipinski definition) is 2. The number of carbonyl (C=O) groups excluding carboxylic acids is 1. The van der Waals surface area contributed by atoms with Crippen LogP contribution in [0.15, 0.2) is 54.6 Å². The van der Waals surface area contributed by atoms with E-state index in [2.05, 4.69) is 9.76 Å². The molecule has 0 saturated carbocycles. The molecule has 7 heteroatoms. The maximum Gasteiger partial charge on any atom is 0.418 e. The number of benzene rings is 3. The van der Waals surface area contributed by atoms with Crippen LogP contribution in [0.25, 0.3) is 21.9 Å². The molecule has 3 aromatic rings. The quantitative estimate of drug-likeness (QED) is 0.439. The van der Waals surface area contributed by atoms with E-state index in [9.17, 15) is 13.2 Å². The zero-order chi connectivity index (χ0) is 16.9. The lowest BCUT2D eigenvalue weighted by Crippen LogP contribution is -2.12. The lowest BCUT2D eigenvalue weighted by molar-refractivity contribution is 0.104. The molecule has 0 heterocycles. The van der Waals surface area contributed by atoms with Gasteiger partial charge in [-0.3, -0.25) is 9.35 Å². The van der Waals surface area contributed by atoms with Gasteiger partial charge in [-0.25, -0.2) is 5.48 Å². The van der Waals surface area contributed by atoms with Crippen LogP contribution in [-0.4, -0.2) is 18.8 Å². The maximum absolute atomic E-state index is 12.7. The zero-order valence-electron chi connectivity index (χ0n) is 12.2. The van der Waals surface area contributed by atoms with Crippen molar-refractivity contribution in [1.29, 1.82) is 0 Å². The second kappa shape index (κ2) is 5.13. The Bertz CT molecular complexity index is 1110. The molecule has 0 fully saturated rings. The first-order valence-corrected chi connectivity index (χ1v) is 8.44. The minimum Gasteiger partial charge on any atom is -0.289 e. The molecule has 0 spiro atoms. The smallest absolute Gasteiger partial charge is 0.289 e. The Morgan fingerprint density at radius 1 is 0.833 bits per heavy atom. The third-order valence-corrected chi connectivity index (χ3v) is 4.30. The van der Waals surface area contributed by atoms with E-state index >= 15 is 0 Å². The molecule has 0 atom stereocenters. The van der Waals surface area contributed by atoms with Crippen LogP contribution in [0, 0.1) is 0 Å². The molecule has 4 rings (SSSR count). The molecule has 24 heavy (non-hydrogen) atoms. The number of hydrogen-bond acceptors (Lipinski definition) is 5. The average molecular weight is 341 g/mol. The first-order valence-electron chi connectivity index (χ1n) is 7.07. The van der Waals surface area contributed by atoms with Gasteiger partial charge in [0, 0.05) is 21.9 Å². The second-order valence-electron chi connectivity index (χ2n) is 5.38. The molecule has 3 aromatic carbocycles. The Morgan fingerprint density at radius 3 is 2.29 bits per heavy atom. The van der Waals surface area contributed by atoms with Crippen LogP contribution in [0.1, 0.15) is 15.9 Å². The Hall–Kier alpha value is -2.74. The molecule has 0 bridgehead atoms. The van der Waals surface area contributed by atoms with Crippen molar-refractivity contribution >= 4 is 32.6 Å². The number of carbonyl (C=O) groups is 1. The van der Waals surface area contributed by atoms with Crippen LogP contribution < -0.4 is 5.48 Å². The number of nitrogens with one attached hydrogen (secondary N) is 1. The van der Waals surface area contributed by atoms with E-state index in [-0.39, 0.29) is 5.78 Å². The molecule has 6 nitrogen and oxygen atoms in total. The summed E-state index contributed by atoms with van der Waals surface area (Å²) >= 11 is 0. The van der Waals surface area contributed by atoms with Crippen LogP contribution in [0.4, 0.5) is 5.69 Å². The minimum atomic E-state index is -4.64. The summed E-state index contributed by atoms with van der Waals surface area (Å²) in [5.41, 5.74) is 5.43. The predicted octanol–water partition coefficient (Wildman–Crippen LogP) is 3.20. The van der Waals surface area contributed by atoms with Gasteiger partial charge in [-0.1, -0.05) is 48.5 Å². The molecule has 1 aliphatic carbocycles. The number of ketones is 1. The van der Waals surface area contributed by atoms with Gasteiger partial charge < -0.3 is 0 Å². The van der Waals surface area contributed by atoms with Crippen molar-refractivity contribution in [2.45, 2.75) is 0 Å². The molecule has 1 aliphatic rings. The van der Waals surface area contributed by atoms with Gasteiger partial charge >= 0.3 is 10.4 Å². The fourth-order valence-corrected chi connectivity index (χ4v) is 3.26. The van der Waals surface area contributed by atoms with Gasteiger partial charge in [0.05, 0.1) is 5.69 Å². The highest BCUT2D eigenvalue weighted by Gasteiger charge is 2.25. The van der Waals surface area contributed by atoms with Crippen molar-refractivity contribution in [2.75, 3.05) is 5.48 Å². The molecule has 0 aromatic heterocycles. The second-order valence-corrected chi connectivity index (χ2v) is 6.40. The minimum absolute atomic E-state index is 0.0865. The van der Waals surface area contributed by atoms with E-state index in [4.69, 9.17) is 4.55 Å². The molecule has 0 unspecified atom stereocenters.